The molecule has 1 rings (SSSR count). The number of rotatable bonds is 5. The van der Waals surface area contributed by atoms with Gasteiger partial charge >= 0.3 is 12.0 Å². The first-order valence-corrected chi connectivity index (χ1v) is 7.09. The Balaban J connectivity index is 2.58. The van der Waals surface area contributed by atoms with Crippen molar-refractivity contribution in [1.82, 2.24) is 10.2 Å². The zero-order valence-corrected chi connectivity index (χ0v) is 12.4. The number of hydrogen-bond donors (Lipinski definition) is 2. The topological polar surface area (TPSA) is 69.6 Å². The molecule has 0 spiro atoms. The quantitative estimate of drug-likeness (QED) is 0.805. The van der Waals surface area contributed by atoms with Gasteiger partial charge in [0, 0.05) is 19.1 Å². The fraction of sp³-hybridized carbons (Fsp3) is 0.857. The highest BCUT2D eigenvalue weighted by Gasteiger charge is 2.34. The molecule has 1 heterocycles. The monoisotopic (exact) mass is 270 g/mol. The first-order chi connectivity index (χ1) is 8.81. The van der Waals surface area contributed by atoms with Crippen molar-refractivity contribution in [2.24, 2.45) is 11.3 Å². The highest BCUT2D eigenvalue weighted by Crippen LogP contribution is 2.24. The second kappa shape index (κ2) is 6.26. The molecule has 5 nitrogen and oxygen atoms in total. The summed E-state index contributed by atoms with van der Waals surface area (Å²) in [5, 5.41) is 12.0. The summed E-state index contributed by atoms with van der Waals surface area (Å²) in [6.45, 7) is 8.67. The lowest BCUT2D eigenvalue weighted by molar-refractivity contribution is -0.147. The minimum Gasteiger partial charge on any atom is -0.481 e. The summed E-state index contributed by atoms with van der Waals surface area (Å²) >= 11 is 0. The van der Waals surface area contributed by atoms with Crippen molar-refractivity contribution in [2.75, 3.05) is 13.1 Å². The largest absolute Gasteiger partial charge is 0.481 e. The predicted molar refractivity (Wildman–Crippen MR) is 74.0 cm³/mol. The molecular formula is C14H26N2O3. The summed E-state index contributed by atoms with van der Waals surface area (Å²) in [7, 11) is 0. The Morgan fingerprint density at radius 1 is 1.47 bits per heavy atom. The zero-order chi connectivity index (χ0) is 14.6. The molecule has 1 aliphatic rings. The van der Waals surface area contributed by atoms with E-state index in [9.17, 15) is 14.7 Å². The Labute approximate surface area is 115 Å². The van der Waals surface area contributed by atoms with Crippen molar-refractivity contribution in [3.8, 4) is 0 Å². The van der Waals surface area contributed by atoms with Crippen LogP contribution in [-0.2, 0) is 4.79 Å². The van der Waals surface area contributed by atoms with E-state index in [1.165, 1.54) is 0 Å². The number of nitrogens with one attached hydrogen (secondary N) is 1. The van der Waals surface area contributed by atoms with Gasteiger partial charge in [0.1, 0.15) is 0 Å². The second-order valence-corrected chi connectivity index (χ2v) is 6.03. The van der Waals surface area contributed by atoms with Gasteiger partial charge in [0.2, 0.25) is 0 Å². The number of carbonyl (C=O) groups excluding carboxylic acids is 1. The third-order valence-corrected chi connectivity index (χ3v) is 4.26. The van der Waals surface area contributed by atoms with Crippen molar-refractivity contribution in [1.29, 1.82) is 0 Å². The summed E-state index contributed by atoms with van der Waals surface area (Å²) < 4.78 is 0. The third kappa shape index (κ3) is 3.61. The maximum absolute atomic E-state index is 12.2. The van der Waals surface area contributed by atoms with Gasteiger partial charge in [0.15, 0.2) is 0 Å². The standard InChI is InChI=1S/C14H26N2O3/c1-5-14(4,12(17)18)9-15-13(19)16-8-6-7-11(16)10(2)3/h10-11H,5-9H2,1-4H3,(H,15,19)(H,17,18). The summed E-state index contributed by atoms with van der Waals surface area (Å²) in [6.07, 6.45) is 2.56. The van der Waals surface area contributed by atoms with Gasteiger partial charge in [0.25, 0.3) is 0 Å². The predicted octanol–water partition coefficient (Wildman–Crippen LogP) is 2.32. The molecule has 0 saturated carbocycles. The SMILES string of the molecule is CCC(C)(CNC(=O)N1CCCC1C(C)C)C(=O)O. The summed E-state index contributed by atoms with van der Waals surface area (Å²) in [4.78, 5) is 25.2. The molecule has 110 valence electrons. The van der Waals surface area contributed by atoms with Crippen LogP contribution in [0.1, 0.15) is 47.0 Å². The van der Waals surface area contributed by atoms with Crippen LogP contribution in [0.3, 0.4) is 0 Å². The Bertz CT molecular complexity index is 344. The second-order valence-electron chi connectivity index (χ2n) is 6.03. The molecule has 0 aromatic heterocycles. The minimum atomic E-state index is -0.886. The van der Waals surface area contributed by atoms with E-state index in [-0.39, 0.29) is 18.6 Å². The number of hydrogen-bond acceptors (Lipinski definition) is 2. The number of carboxylic acid groups (broad SMARTS) is 1. The Hall–Kier alpha value is -1.26. The van der Waals surface area contributed by atoms with Crippen LogP contribution >= 0.6 is 0 Å². The van der Waals surface area contributed by atoms with Gasteiger partial charge in [0.05, 0.1) is 5.41 Å². The lowest BCUT2D eigenvalue weighted by Gasteiger charge is -2.30. The maximum Gasteiger partial charge on any atom is 0.317 e. The van der Waals surface area contributed by atoms with E-state index in [0.29, 0.717) is 12.3 Å². The van der Waals surface area contributed by atoms with Crippen molar-refractivity contribution in [3.05, 3.63) is 0 Å². The Kier molecular flexibility index (Phi) is 5.20. The molecule has 0 aliphatic carbocycles. The van der Waals surface area contributed by atoms with E-state index in [1.54, 1.807) is 6.92 Å². The van der Waals surface area contributed by atoms with E-state index in [4.69, 9.17) is 0 Å². The average molecular weight is 270 g/mol. The van der Waals surface area contributed by atoms with Gasteiger partial charge in [-0.1, -0.05) is 20.8 Å². The number of nitrogens with zero attached hydrogens (tertiary/aromatic N) is 1. The zero-order valence-electron chi connectivity index (χ0n) is 12.4. The molecule has 2 amide bonds. The van der Waals surface area contributed by atoms with E-state index >= 15 is 0 Å². The molecule has 1 saturated heterocycles. The van der Waals surface area contributed by atoms with Crippen LogP contribution in [0.5, 0.6) is 0 Å². The van der Waals surface area contributed by atoms with Crippen LogP contribution in [0.2, 0.25) is 0 Å². The van der Waals surface area contributed by atoms with Gasteiger partial charge < -0.3 is 15.3 Å². The third-order valence-electron chi connectivity index (χ3n) is 4.26. The highest BCUT2D eigenvalue weighted by molar-refractivity contribution is 5.78. The molecule has 1 aliphatic heterocycles. The van der Waals surface area contributed by atoms with Crippen LogP contribution in [0.4, 0.5) is 4.79 Å². The van der Waals surface area contributed by atoms with Gasteiger partial charge in [-0.2, -0.15) is 0 Å². The van der Waals surface area contributed by atoms with Crippen LogP contribution in [0.25, 0.3) is 0 Å². The van der Waals surface area contributed by atoms with Gasteiger partial charge in [-0.05, 0) is 32.1 Å². The van der Waals surface area contributed by atoms with E-state index < -0.39 is 11.4 Å². The first-order valence-electron chi connectivity index (χ1n) is 7.09. The molecule has 5 heteroatoms. The van der Waals surface area contributed by atoms with Crippen LogP contribution in [0, 0.1) is 11.3 Å². The van der Waals surface area contributed by atoms with Crippen molar-refractivity contribution >= 4 is 12.0 Å². The normalized spacial score (nSPS) is 22.4. The molecule has 2 unspecified atom stereocenters. The van der Waals surface area contributed by atoms with Gasteiger partial charge in [-0.3, -0.25) is 4.79 Å². The van der Waals surface area contributed by atoms with E-state index in [0.717, 1.165) is 19.4 Å². The summed E-state index contributed by atoms with van der Waals surface area (Å²) in [6, 6.07) is 0.148. The number of carbonyl (C=O) groups is 2. The molecule has 2 N–H and O–H groups in total. The maximum atomic E-state index is 12.2. The lowest BCUT2D eigenvalue weighted by atomic mass is 9.88. The summed E-state index contributed by atoms with van der Waals surface area (Å²) in [5.41, 5.74) is -0.886. The molecule has 2 atom stereocenters. The lowest BCUT2D eigenvalue weighted by Crippen LogP contribution is -2.48. The number of carboxylic acids is 1. The Morgan fingerprint density at radius 2 is 2.11 bits per heavy atom. The molecule has 0 aromatic carbocycles. The van der Waals surface area contributed by atoms with Gasteiger partial charge in [-0.25, -0.2) is 4.79 Å². The number of likely N-dealkylation sites (tertiary alicyclic amines) is 1. The van der Waals surface area contributed by atoms with Gasteiger partial charge in [-0.15, -0.1) is 0 Å². The fourth-order valence-electron chi connectivity index (χ4n) is 2.46. The number of aliphatic carboxylic acids is 1. The Morgan fingerprint density at radius 3 is 2.58 bits per heavy atom. The van der Waals surface area contributed by atoms with E-state index in [2.05, 4.69) is 19.2 Å². The van der Waals surface area contributed by atoms with Crippen LogP contribution in [0.15, 0.2) is 0 Å². The smallest absolute Gasteiger partial charge is 0.317 e. The number of amides is 2. The van der Waals surface area contributed by atoms with Crippen LogP contribution in [-0.4, -0.2) is 41.1 Å². The number of urea groups is 1. The highest BCUT2D eigenvalue weighted by atomic mass is 16.4. The molecule has 0 aromatic rings. The molecule has 1 fully saturated rings. The molecule has 19 heavy (non-hydrogen) atoms. The van der Waals surface area contributed by atoms with Crippen molar-refractivity contribution < 1.29 is 14.7 Å². The van der Waals surface area contributed by atoms with Crippen molar-refractivity contribution in [3.63, 3.8) is 0 Å². The summed E-state index contributed by atoms with van der Waals surface area (Å²) in [5.74, 6) is -0.428. The average Bonchev–Trinajstić information content (AvgIpc) is 2.84. The molecule has 0 bridgehead atoms. The molecule has 0 radical (unpaired) electrons. The first kappa shape index (κ1) is 15.8. The minimum absolute atomic E-state index is 0.128. The van der Waals surface area contributed by atoms with Crippen LogP contribution < -0.4 is 5.32 Å². The van der Waals surface area contributed by atoms with Crippen molar-refractivity contribution in [2.45, 2.75) is 53.0 Å². The van der Waals surface area contributed by atoms with E-state index in [1.807, 2.05) is 11.8 Å². The molecular weight excluding hydrogens is 244 g/mol. The fourth-order valence-corrected chi connectivity index (χ4v) is 2.46.